The van der Waals surface area contributed by atoms with E-state index in [0.29, 0.717) is 0 Å². The van der Waals surface area contributed by atoms with Crippen molar-refractivity contribution in [1.29, 1.82) is 0 Å². The Balaban J connectivity index is 0.000000297. The van der Waals surface area contributed by atoms with Crippen LogP contribution in [0, 0.1) is 0 Å². The fraction of sp³-hybridized carbons (Fsp3) is 0.133. The van der Waals surface area contributed by atoms with Crippen LogP contribution in [0.3, 0.4) is 0 Å². The molecule has 0 unspecified atom stereocenters. The summed E-state index contributed by atoms with van der Waals surface area (Å²) in [5.74, 6) is -0.833. The normalized spacial score (nSPS) is 11.1. The van der Waals surface area contributed by atoms with Crippen molar-refractivity contribution in [2.24, 2.45) is 0 Å². The van der Waals surface area contributed by atoms with Gasteiger partial charge in [-0.05, 0) is 52.9 Å². The van der Waals surface area contributed by atoms with Gasteiger partial charge in [0, 0.05) is 17.0 Å². The standard InChI is InChI=1S/C13H8Cl2.C2H4O2/c14-10-1-3-12-8(6-10)5-9-7-11(15)2-4-13(9)12;1-2(3)4/h1-4,6-7H,5H2;1H3,(H,3,4). The van der Waals surface area contributed by atoms with Crippen LogP contribution in [0.5, 0.6) is 0 Å². The first-order valence-electron chi connectivity index (χ1n) is 5.74. The van der Waals surface area contributed by atoms with Crippen LogP contribution in [0.15, 0.2) is 36.4 Å². The molecule has 3 rings (SSSR count). The van der Waals surface area contributed by atoms with Gasteiger partial charge in [-0.15, -0.1) is 0 Å². The minimum atomic E-state index is -0.833. The van der Waals surface area contributed by atoms with Gasteiger partial charge in [0.2, 0.25) is 0 Å². The summed E-state index contributed by atoms with van der Waals surface area (Å²) in [7, 11) is 0. The minimum absolute atomic E-state index is 0.799. The first kappa shape index (κ1) is 13.9. The van der Waals surface area contributed by atoms with E-state index in [1.807, 2.05) is 24.3 Å². The highest BCUT2D eigenvalue weighted by molar-refractivity contribution is 6.31. The van der Waals surface area contributed by atoms with Crippen molar-refractivity contribution < 1.29 is 9.90 Å². The second-order valence-electron chi connectivity index (χ2n) is 4.30. The SMILES string of the molecule is CC(=O)O.Clc1ccc2c(c1)Cc1cc(Cl)ccc1-2. The van der Waals surface area contributed by atoms with Crippen LogP contribution in [0.1, 0.15) is 18.1 Å². The molecule has 0 bridgehead atoms. The Hall–Kier alpha value is -1.51. The number of benzene rings is 2. The van der Waals surface area contributed by atoms with Crippen molar-refractivity contribution in [3.8, 4) is 11.1 Å². The predicted octanol–water partition coefficient (Wildman–Crippen LogP) is 4.66. The van der Waals surface area contributed by atoms with E-state index in [4.69, 9.17) is 33.1 Å². The van der Waals surface area contributed by atoms with Gasteiger partial charge in [-0.1, -0.05) is 35.3 Å². The third-order valence-corrected chi connectivity index (χ3v) is 3.28. The van der Waals surface area contributed by atoms with Gasteiger partial charge >= 0.3 is 0 Å². The molecule has 0 heterocycles. The number of hydrogen-bond donors (Lipinski definition) is 1. The molecule has 0 fully saturated rings. The van der Waals surface area contributed by atoms with Gasteiger partial charge in [0.15, 0.2) is 0 Å². The molecular formula is C15H12Cl2O2. The lowest BCUT2D eigenvalue weighted by Gasteiger charge is -2.00. The third-order valence-electron chi connectivity index (χ3n) is 2.81. The van der Waals surface area contributed by atoms with Gasteiger partial charge in [-0.2, -0.15) is 0 Å². The Labute approximate surface area is 121 Å². The smallest absolute Gasteiger partial charge is 0.300 e. The highest BCUT2D eigenvalue weighted by Gasteiger charge is 2.18. The quantitative estimate of drug-likeness (QED) is 0.655. The molecule has 0 radical (unpaired) electrons. The van der Waals surface area contributed by atoms with Crippen molar-refractivity contribution in [2.75, 3.05) is 0 Å². The number of fused-ring (bicyclic) bond motifs is 3. The summed E-state index contributed by atoms with van der Waals surface area (Å²) in [6.45, 7) is 1.08. The van der Waals surface area contributed by atoms with E-state index in [2.05, 4.69) is 12.1 Å². The number of carbonyl (C=O) groups is 1. The van der Waals surface area contributed by atoms with Crippen LogP contribution in [0.2, 0.25) is 10.0 Å². The molecule has 4 heteroatoms. The summed E-state index contributed by atoms with van der Waals surface area (Å²) >= 11 is 11.9. The average Bonchev–Trinajstić information content (AvgIpc) is 2.64. The van der Waals surface area contributed by atoms with Crippen LogP contribution in [0.4, 0.5) is 0 Å². The summed E-state index contributed by atoms with van der Waals surface area (Å²) in [5.41, 5.74) is 5.15. The zero-order valence-corrected chi connectivity index (χ0v) is 11.8. The number of rotatable bonds is 0. The second kappa shape index (κ2) is 5.64. The Kier molecular flexibility index (Phi) is 4.13. The number of carboxylic acids is 1. The largest absolute Gasteiger partial charge is 0.481 e. The van der Waals surface area contributed by atoms with E-state index >= 15 is 0 Å². The molecule has 1 N–H and O–H groups in total. The van der Waals surface area contributed by atoms with Gasteiger partial charge in [-0.25, -0.2) is 0 Å². The van der Waals surface area contributed by atoms with Gasteiger partial charge in [-0.3, -0.25) is 4.79 Å². The van der Waals surface area contributed by atoms with Crippen LogP contribution < -0.4 is 0 Å². The molecule has 98 valence electrons. The highest BCUT2D eigenvalue weighted by Crippen LogP contribution is 2.38. The predicted molar refractivity (Wildman–Crippen MR) is 78.0 cm³/mol. The Bertz CT molecular complexity index is 583. The summed E-state index contributed by atoms with van der Waals surface area (Å²) in [6, 6.07) is 12.1. The van der Waals surface area contributed by atoms with Crippen LogP contribution >= 0.6 is 23.2 Å². The van der Waals surface area contributed by atoms with E-state index in [0.717, 1.165) is 23.4 Å². The van der Waals surface area contributed by atoms with Crippen LogP contribution in [-0.2, 0) is 11.2 Å². The van der Waals surface area contributed by atoms with Gasteiger partial charge in [0.05, 0.1) is 0 Å². The number of hydrogen-bond acceptors (Lipinski definition) is 1. The zero-order chi connectivity index (χ0) is 14.0. The summed E-state index contributed by atoms with van der Waals surface area (Å²) < 4.78 is 0. The minimum Gasteiger partial charge on any atom is -0.481 e. The van der Waals surface area contributed by atoms with Crippen LogP contribution in [0.25, 0.3) is 11.1 Å². The third kappa shape index (κ3) is 3.28. The maximum Gasteiger partial charge on any atom is 0.300 e. The van der Waals surface area contributed by atoms with Crippen LogP contribution in [-0.4, -0.2) is 11.1 Å². The van der Waals surface area contributed by atoms with E-state index < -0.39 is 5.97 Å². The molecule has 0 spiro atoms. The lowest BCUT2D eigenvalue weighted by molar-refractivity contribution is -0.134. The molecule has 0 atom stereocenters. The lowest BCUT2D eigenvalue weighted by atomic mass is 10.1. The highest BCUT2D eigenvalue weighted by atomic mass is 35.5. The molecule has 0 saturated carbocycles. The monoisotopic (exact) mass is 294 g/mol. The first-order chi connectivity index (χ1) is 8.97. The van der Waals surface area contributed by atoms with Crippen molar-refractivity contribution >= 4 is 29.2 Å². The molecule has 0 saturated heterocycles. The van der Waals surface area contributed by atoms with E-state index in [-0.39, 0.29) is 0 Å². The zero-order valence-electron chi connectivity index (χ0n) is 10.3. The number of carboxylic acid groups (broad SMARTS) is 1. The van der Waals surface area contributed by atoms with E-state index in [9.17, 15) is 0 Å². The molecule has 0 aromatic heterocycles. The summed E-state index contributed by atoms with van der Waals surface area (Å²) in [6.07, 6.45) is 0.936. The van der Waals surface area contributed by atoms with E-state index in [1.54, 1.807) is 0 Å². The second-order valence-corrected chi connectivity index (χ2v) is 5.17. The van der Waals surface area contributed by atoms with Crippen molar-refractivity contribution in [1.82, 2.24) is 0 Å². The topological polar surface area (TPSA) is 37.3 Å². The summed E-state index contributed by atoms with van der Waals surface area (Å²) in [4.78, 5) is 9.00. The average molecular weight is 295 g/mol. The Morgan fingerprint density at radius 1 is 1.00 bits per heavy atom. The molecule has 0 aliphatic heterocycles. The molecule has 0 amide bonds. The number of halogens is 2. The molecule has 1 aliphatic carbocycles. The van der Waals surface area contributed by atoms with Crippen molar-refractivity contribution in [3.05, 3.63) is 57.6 Å². The summed E-state index contributed by atoms with van der Waals surface area (Å²) in [5, 5.41) is 9.01. The van der Waals surface area contributed by atoms with Gasteiger partial charge < -0.3 is 5.11 Å². The maximum absolute atomic E-state index is 9.00. The molecule has 19 heavy (non-hydrogen) atoms. The molecule has 1 aliphatic rings. The van der Waals surface area contributed by atoms with Gasteiger partial charge in [0.25, 0.3) is 5.97 Å². The first-order valence-corrected chi connectivity index (χ1v) is 6.49. The molecular weight excluding hydrogens is 283 g/mol. The fourth-order valence-electron chi connectivity index (χ4n) is 2.15. The van der Waals surface area contributed by atoms with Crippen molar-refractivity contribution in [2.45, 2.75) is 13.3 Å². The fourth-order valence-corrected chi connectivity index (χ4v) is 2.54. The number of aliphatic carboxylic acids is 1. The molecule has 2 aromatic rings. The Morgan fingerprint density at radius 2 is 1.37 bits per heavy atom. The van der Waals surface area contributed by atoms with E-state index in [1.165, 1.54) is 22.3 Å². The Morgan fingerprint density at radius 3 is 1.74 bits per heavy atom. The molecule has 2 aromatic carbocycles. The van der Waals surface area contributed by atoms with Crippen molar-refractivity contribution in [3.63, 3.8) is 0 Å². The lowest BCUT2D eigenvalue weighted by Crippen LogP contribution is -1.79. The van der Waals surface area contributed by atoms with Gasteiger partial charge in [0.1, 0.15) is 0 Å². The molecule has 2 nitrogen and oxygen atoms in total. The maximum atomic E-state index is 9.00.